The van der Waals surface area contributed by atoms with E-state index < -0.39 is 17.3 Å². The van der Waals surface area contributed by atoms with Crippen molar-refractivity contribution in [1.82, 2.24) is 0 Å². The molecule has 6 heavy (non-hydrogen) atoms. The van der Waals surface area contributed by atoms with Gasteiger partial charge in [-0.1, -0.05) is 0 Å². The summed E-state index contributed by atoms with van der Waals surface area (Å²) in [4.78, 5) is 0. The van der Waals surface area contributed by atoms with Crippen molar-refractivity contribution in [3.8, 4) is 0 Å². The summed E-state index contributed by atoms with van der Waals surface area (Å²) >= 11 is 8.96. The summed E-state index contributed by atoms with van der Waals surface area (Å²) in [5.74, 6) is 0. The lowest BCUT2D eigenvalue weighted by atomic mass is 12.0. The normalized spacial score (nSPS) is 15.2. The van der Waals surface area contributed by atoms with Crippen LogP contribution >= 0.6 is 0 Å². The largest absolute Gasteiger partial charge is 0.605 e. The van der Waals surface area contributed by atoms with Crippen molar-refractivity contribution >= 4 is 39.6 Å². The molecule has 0 fully saturated rings. The van der Waals surface area contributed by atoms with Crippen molar-refractivity contribution in [3.05, 3.63) is 0 Å². The minimum absolute atomic E-state index is 0.923. The van der Waals surface area contributed by atoms with Crippen LogP contribution in [0.5, 0.6) is 0 Å². The van der Waals surface area contributed by atoms with Crippen molar-refractivity contribution in [2.45, 2.75) is 0 Å². The van der Waals surface area contributed by atoms with Crippen LogP contribution in [-0.2, 0) is 39.6 Å². The van der Waals surface area contributed by atoms with E-state index in [1.165, 1.54) is 6.26 Å². The highest BCUT2D eigenvalue weighted by Gasteiger charge is 1.83. The number of hydrogen-bond acceptors (Lipinski definition) is 3. The highest BCUT2D eigenvalue weighted by molar-refractivity contribution is 8.86. The third-order valence-electron chi connectivity index (χ3n) is 0.210. The van der Waals surface area contributed by atoms with Crippen LogP contribution in [0.15, 0.2) is 0 Å². The smallest absolute Gasteiger partial charge is 0.108 e. The van der Waals surface area contributed by atoms with Crippen LogP contribution < -0.4 is 0 Å². The van der Waals surface area contributed by atoms with E-state index in [4.69, 9.17) is 0 Å². The molecular weight excluding hydrogens is 156 g/mol. The molecule has 1 unspecified atom stereocenters. The summed E-state index contributed by atoms with van der Waals surface area (Å²) in [5, 5.41) is 0. The van der Waals surface area contributed by atoms with E-state index in [0.29, 0.717) is 0 Å². The van der Waals surface area contributed by atoms with Gasteiger partial charge in [0.1, 0.15) is 6.26 Å². The van der Waals surface area contributed by atoms with Gasteiger partial charge in [-0.15, -0.1) is 0 Å². The first-order chi connectivity index (χ1) is 2.64. The molecule has 5 heteroatoms. The molecule has 0 spiro atoms. The van der Waals surface area contributed by atoms with E-state index in [-0.39, 0.29) is 0 Å². The summed E-state index contributed by atoms with van der Waals surface area (Å²) in [6.45, 7) is 0. The Morgan fingerprint density at radius 3 is 1.83 bits per heavy atom. The zero-order valence-corrected chi connectivity index (χ0v) is 6.42. The van der Waals surface area contributed by atoms with Crippen LogP contribution in [0.2, 0.25) is 0 Å². The molecule has 0 saturated heterocycles. The molecule has 1 nitrogen and oxygen atoms in total. The van der Waals surface area contributed by atoms with Gasteiger partial charge in [0.2, 0.25) is 0 Å². The maximum Gasteiger partial charge on any atom is 0.108 e. The van der Waals surface area contributed by atoms with Crippen LogP contribution in [0.25, 0.3) is 0 Å². The molecule has 0 saturated carbocycles. The number of rotatable bonds is 1. The zero-order valence-electron chi connectivity index (χ0n) is 3.08. The Labute approximate surface area is 50.5 Å². The molecule has 0 aromatic carbocycles. The van der Waals surface area contributed by atoms with E-state index in [1.54, 1.807) is 0 Å². The van der Waals surface area contributed by atoms with Crippen LogP contribution in [0.1, 0.15) is 0 Å². The fraction of sp³-hybridized carbons (Fsp3) is 1.00. The van der Waals surface area contributed by atoms with Crippen molar-refractivity contribution in [2.75, 3.05) is 6.26 Å². The minimum Gasteiger partial charge on any atom is -0.605 e. The molecule has 0 bridgehead atoms. The van der Waals surface area contributed by atoms with Crippen molar-refractivity contribution in [3.63, 3.8) is 0 Å². The Bertz CT molecular complexity index is 83.7. The lowest BCUT2D eigenvalue weighted by molar-refractivity contribution is 0.615. The molecule has 0 radical (unpaired) electrons. The third kappa shape index (κ3) is 3.30. The van der Waals surface area contributed by atoms with Crippen LogP contribution in [0, 0.1) is 0 Å². The van der Waals surface area contributed by atoms with Gasteiger partial charge in [-0.25, -0.2) is 0 Å². The molecule has 38 valence electrons. The van der Waals surface area contributed by atoms with E-state index in [0.717, 1.165) is 0 Å². The maximum absolute atomic E-state index is 10.1. The standard InChI is InChI=1S/CH4OS4/c1-5(2)6(3)4/h6H,1H3. The summed E-state index contributed by atoms with van der Waals surface area (Å²) in [6, 6.07) is 0. The van der Waals surface area contributed by atoms with Crippen molar-refractivity contribution in [1.29, 1.82) is 0 Å². The highest BCUT2D eigenvalue weighted by Crippen LogP contribution is 1.79. The Balaban J connectivity index is 3.57. The molecule has 0 aliphatic rings. The van der Waals surface area contributed by atoms with Gasteiger partial charge in [0.25, 0.3) is 0 Å². The van der Waals surface area contributed by atoms with Crippen molar-refractivity contribution in [2.24, 2.45) is 0 Å². The van der Waals surface area contributed by atoms with Crippen molar-refractivity contribution < 1.29 is 4.55 Å². The molecule has 0 aliphatic heterocycles. The van der Waals surface area contributed by atoms with Gasteiger partial charge in [0.15, 0.2) is 0 Å². The van der Waals surface area contributed by atoms with Crippen LogP contribution in [0.3, 0.4) is 0 Å². The summed E-state index contributed by atoms with van der Waals surface area (Å²) in [7, 11) is -1.94. The van der Waals surface area contributed by atoms with Gasteiger partial charge in [-0.2, -0.15) is 0 Å². The molecule has 0 N–H and O–H groups in total. The van der Waals surface area contributed by atoms with Crippen LogP contribution in [-0.4, -0.2) is 10.8 Å². The lowest BCUT2D eigenvalue weighted by Crippen LogP contribution is -1.92. The predicted molar refractivity (Wildman–Crippen MR) is 37.6 cm³/mol. The average Bonchev–Trinajstić information content (AvgIpc) is 1.36. The summed E-state index contributed by atoms with van der Waals surface area (Å²) in [5.41, 5.74) is 0. The molecular formula is CH4OS4. The molecule has 0 aromatic rings. The predicted octanol–water partition coefficient (Wildman–Crippen LogP) is -0.446. The second-order valence-corrected chi connectivity index (χ2v) is 8.85. The van der Waals surface area contributed by atoms with E-state index in [1.807, 2.05) is 0 Å². The van der Waals surface area contributed by atoms with Crippen LogP contribution in [0.4, 0.5) is 0 Å². The first kappa shape index (κ1) is 7.10. The molecule has 1 atom stereocenters. The molecule has 0 heterocycles. The van der Waals surface area contributed by atoms with Gasteiger partial charge >= 0.3 is 0 Å². The SMILES string of the molecule is C[S+]([O-])[SH](=S)=S. The van der Waals surface area contributed by atoms with Gasteiger partial charge in [-0.05, 0) is 0 Å². The van der Waals surface area contributed by atoms with Gasteiger partial charge in [0, 0.05) is 32.6 Å². The quantitative estimate of drug-likeness (QED) is 0.319. The Morgan fingerprint density at radius 1 is 1.67 bits per heavy atom. The zero-order chi connectivity index (χ0) is 5.15. The first-order valence-electron chi connectivity index (χ1n) is 1.12. The van der Waals surface area contributed by atoms with E-state index >= 15 is 0 Å². The first-order valence-corrected chi connectivity index (χ1v) is 6.65. The fourth-order valence-electron chi connectivity index (χ4n) is 0. The average molecular weight is 160 g/mol. The number of hydrogen-bond donors (Lipinski definition) is 1. The molecule has 0 aromatic heterocycles. The van der Waals surface area contributed by atoms with E-state index in [2.05, 4.69) is 22.4 Å². The molecule has 0 amide bonds. The number of thiol groups is 1. The minimum atomic E-state index is -1.02. The summed E-state index contributed by atoms with van der Waals surface area (Å²) < 4.78 is 10.1. The Morgan fingerprint density at radius 2 is 1.83 bits per heavy atom. The molecule has 0 rings (SSSR count). The lowest BCUT2D eigenvalue weighted by Gasteiger charge is -1.92. The van der Waals surface area contributed by atoms with Gasteiger partial charge in [0.05, 0.1) is 7.05 Å². The fourth-order valence-corrected chi connectivity index (χ4v) is 0. The molecule has 0 aliphatic carbocycles. The van der Waals surface area contributed by atoms with Gasteiger partial charge in [-0.3, -0.25) is 0 Å². The van der Waals surface area contributed by atoms with Gasteiger partial charge < -0.3 is 4.55 Å². The monoisotopic (exact) mass is 160 g/mol. The Kier molecular flexibility index (Phi) is 3.72. The topological polar surface area (TPSA) is 23.1 Å². The van der Waals surface area contributed by atoms with E-state index in [9.17, 15) is 4.55 Å². The second kappa shape index (κ2) is 3.15. The highest BCUT2D eigenvalue weighted by atomic mass is 33.5. The maximum atomic E-state index is 10.1. The third-order valence-corrected chi connectivity index (χ3v) is 5.67. The Hall–Kier alpha value is 1.10. The summed E-state index contributed by atoms with van der Waals surface area (Å²) in [6.07, 6.45) is 1.53. The second-order valence-electron chi connectivity index (χ2n) is 0.647.